The van der Waals surface area contributed by atoms with Gasteiger partial charge < -0.3 is 10.1 Å². The average Bonchev–Trinajstić information content (AvgIpc) is 2.45. The first kappa shape index (κ1) is 15.9. The van der Waals surface area contributed by atoms with E-state index < -0.39 is 0 Å². The van der Waals surface area contributed by atoms with Crippen LogP contribution in [-0.2, 0) is 4.74 Å². The Hall–Kier alpha value is -1.46. The van der Waals surface area contributed by atoms with Gasteiger partial charge in [-0.25, -0.2) is 0 Å². The highest BCUT2D eigenvalue weighted by Gasteiger charge is 2.33. The molecular formula is C16H25N3O2. The Morgan fingerprint density at radius 1 is 1.33 bits per heavy atom. The smallest absolute Gasteiger partial charge is 0.251 e. The van der Waals surface area contributed by atoms with Gasteiger partial charge in [0.15, 0.2) is 0 Å². The van der Waals surface area contributed by atoms with Crippen LogP contribution in [0.15, 0.2) is 24.5 Å². The fourth-order valence-corrected chi connectivity index (χ4v) is 2.69. The van der Waals surface area contributed by atoms with Crippen LogP contribution in [0.25, 0.3) is 0 Å². The number of pyridine rings is 1. The van der Waals surface area contributed by atoms with Gasteiger partial charge in [-0.2, -0.15) is 0 Å². The predicted octanol–water partition coefficient (Wildman–Crippen LogP) is 1.70. The van der Waals surface area contributed by atoms with Gasteiger partial charge in [-0.15, -0.1) is 0 Å². The van der Waals surface area contributed by atoms with Crippen LogP contribution in [0, 0.1) is 0 Å². The number of hydrogen-bond acceptors (Lipinski definition) is 4. The molecule has 1 amide bonds. The summed E-state index contributed by atoms with van der Waals surface area (Å²) in [4.78, 5) is 18.4. The van der Waals surface area contributed by atoms with Crippen molar-refractivity contribution in [3.8, 4) is 0 Å². The SMILES string of the molecule is C[C@@H]1CN(C(C)(C)CNC(=O)c2ccncc2)C[C@@H](C)O1. The number of morpholine rings is 1. The Morgan fingerprint density at radius 2 is 1.90 bits per heavy atom. The van der Waals surface area contributed by atoms with E-state index in [2.05, 4.69) is 42.9 Å². The fraction of sp³-hybridized carbons (Fsp3) is 0.625. The van der Waals surface area contributed by atoms with Gasteiger partial charge in [0.05, 0.1) is 12.2 Å². The minimum Gasteiger partial charge on any atom is -0.373 e. The largest absolute Gasteiger partial charge is 0.373 e. The third-order valence-corrected chi connectivity index (χ3v) is 3.90. The van der Waals surface area contributed by atoms with Crippen LogP contribution in [0.1, 0.15) is 38.1 Å². The van der Waals surface area contributed by atoms with Crippen LogP contribution in [0.5, 0.6) is 0 Å². The van der Waals surface area contributed by atoms with Crippen molar-refractivity contribution < 1.29 is 9.53 Å². The Bertz CT molecular complexity index is 466. The lowest BCUT2D eigenvalue weighted by Gasteiger charge is -2.45. The quantitative estimate of drug-likeness (QED) is 0.917. The molecular weight excluding hydrogens is 266 g/mol. The molecule has 1 aliphatic rings. The number of nitrogens with zero attached hydrogens (tertiary/aromatic N) is 2. The zero-order chi connectivity index (χ0) is 15.5. The van der Waals surface area contributed by atoms with Gasteiger partial charge in [-0.3, -0.25) is 14.7 Å². The number of ether oxygens (including phenoxy) is 1. The predicted molar refractivity (Wildman–Crippen MR) is 82.2 cm³/mol. The molecule has 0 spiro atoms. The number of nitrogens with one attached hydrogen (secondary N) is 1. The lowest BCUT2D eigenvalue weighted by molar-refractivity contribution is -0.0948. The van der Waals surface area contributed by atoms with Crippen molar-refractivity contribution >= 4 is 5.91 Å². The molecule has 0 radical (unpaired) electrons. The summed E-state index contributed by atoms with van der Waals surface area (Å²) in [5, 5.41) is 3.02. The van der Waals surface area contributed by atoms with Crippen molar-refractivity contribution in [3.05, 3.63) is 30.1 Å². The van der Waals surface area contributed by atoms with E-state index in [9.17, 15) is 4.79 Å². The van der Waals surface area contributed by atoms with Crippen LogP contribution in [0.2, 0.25) is 0 Å². The maximum atomic E-state index is 12.1. The summed E-state index contributed by atoms with van der Waals surface area (Å²) in [5.41, 5.74) is 0.541. The summed E-state index contributed by atoms with van der Waals surface area (Å²) in [6.07, 6.45) is 3.71. The summed E-state index contributed by atoms with van der Waals surface area (Å²) in [7, 11) is 0. The van der Waals surface area contributed by atoms with Gasteiger partial charge in [-0.05, 0) is 39.8 Å². The first-order chi connectivity index (χ1) is 9.88. The molecule has 1 saturated heterocycles. The van der Waals surface area contributed by atoms with E-state index >= 15 is 0 Å². The molecule has 0 bridgehead atoms. The number of rotatable bonds is 4. The number of carbonyl (C=O) groups is 1. The highest BCUT2D eigenvalue weighted by Crippen LogP contribution is 2.20. The van der Waals surface area contributed by atoms with Crippen LogP contribution < -0.4 is 5.32 Å². The maximum Gasteiger partial charge on any atom is 0.251 e. The van der Waals surface area contributed by atoms with Crippen LogP contribution in [0.3, 0.4) is 0 Å². The van der Waals surface area contributed by atoms with E-state index in [1.807, 2.05) is 0 Å². The summed E-state index contributed by atoms with van der Waals surface area (Å²) in [6, 6.07) is 3.45. The minimum absolute atomic E-state index is 0.0557. The van der Waals surface area contributed by atoms with Crippen molar-refractivity contribution in [2.45, 2.75) is 45.4 Å². The second-order valence-corrected chi connectivity index (χ2v) is 6.39. The lowest BCUT2D eigenvalue weighted by atomic mass is 10.00. The molecule has 0 aliphatic carbocycles. The molecule has 0 aromatic carbocycles. The lowest BCUT2D eigenvalue weighted by Crippen LogP contribution is -2.58. The molecule has 5 nitrogen and oxygen atoms in total. The molecule has 2 rings (SSSR count). The average molecular weight is 291 g/mol. The van der Waals surface area contributed by atoms with Gasteiger partial charge in [0.2, 0.25) is 0 Å². The molecule has 21 heavy (non-hydrogen) atoms. The summed E-state index contributed by atoms with van der Waals surface area (Å²) >= 11 is 0. The molecule has 1 aromatic rings. The standard InChI is InChI=1S/C16H25N3O2/c1-12-9-19(10-13(2)21-12)16(3,4)11-18-15(20)14-5-7-17-8-6-14/h5-8,12-13H,9-11H2,1-4H3,(H,18,20)/t12-,13-/m1/s1. The molecule has 0 unspecified atom stereocenters. The van der Waals surface area contributed by atoms with E-state index in [1.165, 1.54) is 0 Å². The topological polar surface area (TPSA) is 54.5 Å². The molecule has 5 heteroatoms. The van der Waals surface area contributed by atoms with Gasteiger partial charge in [0, 0.05) is 43.1 Å². The normalized spacial score (nSPS) is 23.8. The monoisotopic (exact) mass is 291 g/mol. The second kappa shape index (κ2) is 6.54. The first-order valence-electron chi connectivity index (χ1n) is 7.47. The zero-order valence-corrected chi connectivity index (χ0v) is 13.3. The van der Waals surface area contributed by atoms with Crippen molar-refractivity contribution in [1.29, 1.82) is 0 Å². The second-order valence-electron chi connectivity index (χ2n) is 6.39. The van der Waals surface area contributed by atoms with E-state index in [-0.39, 0.29) is 23.7 Å². The van der Waals surface area contributed by atoms with E-state index in [1.54, 1.807) is 24.5 Å². The van der Waals surface area contributed by atoms with Crippen LogP contribution in [0.4, 0.5) is 0 Å². The van der Waals surface area contributed by atoms with Crippen molar-refractivity contribution in [1.82, 2.24) is 15.2 Å². The van der Waals surface area contributed by atoms with E-state index in [4.69, 9.17) is 4.74 Å². The van der Waals surface area contributed by atoms with Crippen LogP contribution in [-0.4, -0.2) is 53.2 Å². The van der Waals surface area contributed by atoms with Gasteiger partial charge in [-0.1, -0.05) is 0 Å². The van der Waals surface area contributed by atoms with E-state index in [0.29, 0.717) is 12.1 Å². The molecule has 1 N–H and O–H groups in total. The molecule has 1 aliphatic heterocycles. The third-order valence-electron chi connectivity index (χ3n) is 3.90. The first-order valence-corrected chi connectivity index (χ1v) is 7.47. The molecule has 1 aromatic heterocycles. The highest BCUT2D eigenvalue weighted by atomic mass is 16.5. The van der Waals surface area contributed by atoms with Gasteiger partial charge in [0.25, 0.3) is 5.91 Å². The van der Waals surface area contributed by atoms with Crippen molar-refractivity contribution in [2.75, 3.05) is 19.6 Å². The molecule has 0 saturated carbocycles. The Balaban J connectivity index is 1.93. The summed E-state index contributed by atoms with van der Waals surface area (Å²) < 4.78 is 5.77. The Kier molecular flexibility index (Phi) is 4.96. The molecule has 116 valence electrons. The number of carbonyl (C=O) groups excluding carboxylic acids is 1. The number of hydrogen-bond donors (Lipinski definition) is 1. The summed E-state index contributed by atoms with van der Waals surface area (Å²) in [5.74, 6) is -0.0557. The fourth-order valence-electron chi connectivity index (χ4n) is 2.69. The Labute approximate surface area is 126 Å². The van der Waals surface area contributed by atoms with Crippen LogP contribution >= 0.6 is 0 Å². The minimum atomic E-state index is -0.102. The van der Waals surface area contributed by atoms with Gasteiger partial charge in [0.1, 0.15) is 0 Å². The maximum absolute atomic E-state index is 12.1. The van der Waals surface area contributed by atoms with Crippen molar-refractivity contribution in [3.63, 3.8) is 0 Å². The van der Waals surface area contributed by atoms with Gasteiger partial charge >= 0.3 is 0 Å². The third kappa shape index (κ3) is 4.25. The Morgan fingerprint density at radius 3 is 2.48 bits per heavy atom. The number of aromatic nitrogens is 1. The molecule has 2 atom stereocenters. The number of amides is 1. The summed E-state index contributed by atoms with van der Waals surface area (Å²) in [6.45, 7) is 10.9. The zero-order valence-electron chi connectivity index (χ0n) is 13.3. The van der Waals surface area contributed by atoms with E-state index in [0.717, 1.165) is 13.1 Å². The molecule has 1 fully saturated rings. The highest BCUT2D eigenvalue weighted by molar-refractivity contribution is 5.94. The molecule has 2 heterocycles. The van der Waals surface area contributed by atoms with Crippen molar-refractivity contribution in [2.24, 2.45) is 0 Å².